The number of hydrogen-bond acceptors (Lipinski definition) is 4. The average Bonchev–Trinajstić information content (AvgIpc) is 2.89. The van der Waals surface area contributed by atoms with Crippen LogP contribution in [0.1, 0.15) is 30.7 Å². The van der Waals surface area contributed by atoms with E-state index in [0.29, 0.717) is 12.0 Å². The van der Waals surface area contributed by atoms with Crippen molar-refractivity contribution in [3.05, 3.63) is 17.5 Å². The molecule has 1 saturated heterocycles. The van der Waals surface area contributed by atoms with Crippen molar-refractivity contribution in [2.75, 3.05) is 13.1 Å². The van der Waals surface area contributed by atoms with Crippen LogP contribution in [0.2, 0.25) is 0 Å². The van der Waals surface area contributed by atoms with Crippen molar-refractivity contribution in [3.8, 4) is 0 Å². The van der Waals surface area contributed by atoms with E-state index < -0.39 is 0 Å². The van der Waals surface area contributed by atoms with Gasteiger partial charge in [0.15, 0.2) is 0 Å². The molecule has 5 heteroatoms. The summed E-state index contributed by atoms with van der Waals surface area (Å²) >= 11 is 0. The molecule has 98 valence electrons. The molecule has 1 spiro atoms. The Kier molecular flexibility index (Phi) is 2.86. The van der Waals surface area contributed by atoms with Gasteiger partial charge in [0.05, 0.1) is 6.54 Å². The molecule has 18 heavy (non-hydrogen) atoms. The van der Waals surface area contributed by atoms with Gasteiger partial charge in [0.2, 0.25) is 5.91 Å². The standard InChI is InChI=1S/C13H19N3O2/c1-9-6-10(16-18-9)8-15-12(17)11-7-13(11)2-4-14-5-3-13/h6,11,14H,2-5,7-8H2,1H3,(H,15,17). The topological polar surface area (TPSA) is 67.2 Å². The first kappa shape index (κ1) is 11.7. The Morgan fingerprint density at radius 2 is 2.39 bits per heavy atom. The summed E-state index contributed by atoms with van der Waals surface area (Å²) < 4.78 is 4.97. The molecule has 0 radical (unpaired) electrons. The number of rotatable bonds is 3. The lowest BCUT2D eigenvalue weighted by atomic mass is 9.92. The van der Waals surface area contributed by atoms with Crippen molar-refractivity contribution < 1.29 is 9.32 Å². The molecule has 0 bridgehead atoms. The Balaban J connectivity index is 1.51. The van der Waals surface area contributed by atoms with E-state index in [1.807, 2.05) is 13.0 Å². The minimum atomic E-state index is 0.178. The van der Waals surface area contributed by atoms with Crippen LogP contribution in [0.4, 0.5) is 0 Å². The van der Waals surface area contributed by atoms with E-state index in [1.165, 1.54) is 0 Å². The van der Waals surface area contributed by atoms with Gasteiger partial charge >= 0.3 is 0 Å². The SMILES string of the molecule is Cc1cc(CNC(=O)C2CC23CCNCC3)no1. The van der Waals surface area contributed by atoms with E-state index in [1.54, 1.807) is 0 Å². The van der Waals surface area contributed by atoms with Crippen molar-refractivity contribution in [2.24, 2.45) is 11.3 Å². The van der Waals surface area contributed by atoms with Crippen LogP contribution in [0.15, 0.2) is 10.6 Å². The molecule has 1 atom stereocenters. The highest BCUT2D eigenvalue weighted by Gasteiger charge is 2.57. The number of amides is 1. The maximum absolute atomic E-state index is 12.1. The molecule has 1 aliphatic carbocycles. The van der Waals surface area contributed by atoms with Gasteiger partial charge in [0.25, 0.3) is 0 Å². The zero-order valence-corrected chi connectivity index (χ0v) is 10.7. The zero-order valence-electron chi connectivity index (χ0n) is 10.7. The van der Waals surface area contributed by atoms with Gasteiger partial charge in [0.1, 0.15) is 11.5 Å². The summed E-state index contributed by atoms with van der Waals surface area (Å²) in [5, 5.41) is 10.2. The number of nitrogens with zero attached hydrogens (tertiary/aromatic N) is 1. The number of carbonyl (C=O) groups excluding carboxylic acids is 1. The number of piperidine rings is 1. The number of aromatic nitrogens is 1. The van der Waals surface area contributed by atoms with Crippen LogP contribution in [0.25, 0.3) is 0 Å². The van der Waals surface area contributed by atoms with Gasteiger partial charge in [0, 0.05) is 12.0 Å². The molecule has 5 nitrogen and oxygen atoms in total. The second-order valence-corrected chi connectivity index (χ2v) is 5.52. The fraction of sp³-hybridized carbons (Fsp3) is 0.692. The predicted molar refractivity (Wildman–Crippen MR) is 65.7 cm³/mol. The third kappa shape index (κ3) is 2.14. The van der Waals surface area contributed by atoms with Crippen LogP contribution < -0.4 is 10.6 Å². The highest BCUT2D eigenvalue weighted by Crippen LogP contribution is 2.58. The summed E-state index contributed by atoms with van der Waals surface area (Å²) in [4.78, 5) is 12.1. The predicted octanol–water partition coefficient (Wildman–Crippen LogP) is 0.989. The Hall–Kier alpha value is -1.36. The van der Waals surface area contributed by atoms with Gasteiger partial charge in [-0.2, -0.15) is 0 Å². The smallest absolute Gasteiger partial charge is 0.224 e. The Labute approximate surface area is 106 Å². The summed E-state index contributed by atoms with van der Waals surface area (Å²) in [6, 6.07) is 1.85. The second-order valence-electron chi connectivity index (χ2n) is 5.52. The fourth-order valence-corrected chi connectivity index (χ4v) is 3.00. The minimum Gasteiger partial charge on any atom is -0.361 e. The first-order valence-electron chi connectivity index (χ1n) is 6.60. The van der Waals surface area contributed by atoms with Gasteiger partial charge in [-0.3, -0.25) is 4.79 Å². The molecule has 0 aromatic carbocycles. The number of nitrogens with one attached hydrogen (secondary N) is 2. The Bertz CT molecular complexity index is 449. The lowest BCUT2D eigenvalue weighted by Gasteiger charge is -2.23. The Morgan fingerprint density at radius 1 is 1.61 bits per heavy atom. The molecule has 3 rings (SSSR count). The van der Waals surface area contributed by atoms with Gasteiger partial charge in [-0.15, -0.1) is 0 Å². The molecule has 2 fully saturated rings. The molecule has 1 aromatic rings. The summed E-state index contributed by atoms with van der Waals surface area (Å²) in [5.74, 6) is 1.17. The second kappa shape index (κ2) is 4.39. The van der Waals surface area contributed by atoms with Gasteiger partial charge < -0.3 is 15.2 Å². The minimum absolute atomic E-state index is 0.178. The first-order chi connectivity index (χ1) is 8.70. The van der Waals surface area contributed by atoms with E-state index in [2.05, 4.69) is 15.8 Å². The van der Waals surface area contributed by atoms with E-state index in [9.17, 15) is 4.79 Å². The summed E-state index contributed by atoms with van der Waals surface area (Å²) in [6.07, 6.45) is 3.32. The van der Waals surface area contributed by atoms with Crippen LogP contribution in [0, 0.1) is 18.3 Å². The molecule has 2 aliphatic rings. The fourth-order valence-electron chi connectivity index (χ4n) is 3.00. The third-order valence-corrected chi connectivity index (χ3v) is 4.23. The molecule has 2 N–H and O–H groups in total. The summed E-state index contributed by atoms with van der Waals surface area (Å²) in [6.45, 7) is 4.42. The highest BCUT2D eigenvalue weighted by atomic mass is 16.5. The van der Waals surface area contributed by atoms with Crippen LogP contribution in [-0.2, 0) is 11.3 Å². The number of carbonyl (C=O) groups is 1. The molecule has 1 aliphatic heterocycles. The molecule has 1 amide bonds. The number of aryl methyl sites for hydroxylation is 1. The quantitative estimate of drug-likeness (QED) is 0.838. The first-order valence-corrected chi connectivity index (χ1v) is 6.60. The molecule has 2 heterocycles. The van der Waals surface area contributed by atoms with Crippen molar-refractivity contribution in [3.63, 3.8) is 0 Å². The van der Waals surface area contributed by atoms with E-state index >= 15 is 0 Å². The highest BCUT2D eigenvalue weighted by molar-refractivity contribution is 5.82. The molecular formula is C13H19N3O2. The van der Waals surface area contributed by atoms with E-state index in [4.69, 9.17) is 4.52 Å². The maximum atomic E-state index is 12.1. The van der Waals surface area contributed by atoms with Crippen molar-refractivity contribution in [1.82, 2.24) is 15.8 Å². The van der Waals surface area contributed by atoms with Gasteiger partial charge in [-0.25, -0.2) is 0 Å². The van der Waals surface area contributed by atoms with Crippen molar-refractivity contribution >= 4 is 5.91 Å². The maximum Gasteiger partial charge on any atom is 0.224 e. The van der Waals surface area contributed by atoms with E-state index in [-0.39, 0.29) is 11.8 Å². The third-order valence-electron chi connectivity index (χ3n) is 4.23. The van der Waals surface area contributed by atoms with Crippen molar-refractivity contribution in [1.29, 1.82) is 0 Å². The lowest BCUT2D eigenvalue weighted by molar-refractivity contribution is -0.123. The monoisotopic (exact) mass is 249 g/mol. The van der Waals surface area contributed by atoms with Crippen LogP contribution in [0.5, 0.6) is 0 Å². The molecule has 1 saturated carbocycles. The van der Waals surface area contributed by atoms with Gasteiger partial charge in [-0.05, 0) is 44.7 Å². The number of hydrogen-bond donors (Lipinski definition) is 2. The van der Waals surface area contributed by atoms with Crippen molar-refractivity contribution in [2.45, 2.75) is 32.7 Å². The van der Waals surface area contributed by atoms with Crippen LogP contribution in [0.3, 0.4) is 0 Å². The Morgan fingerprint density at radius 3 is 3.06 bits per heavy atom. The zero-order chi connectivity index (χ0) is 12.6. The van der Waals surface area contributed by atoms with Gasteiger partial charge in [-0.1, -0.05) is 5.16 Å². The van der Waals surface area contributed by atoms with Crippen LogP contribution in [-0.4, -0.2) is 24.2 Å². The summed E-state index contributed by atoms with van der Waals surface area (Å²) in [7, 11) is 0. The average molecular weight is 249 g/mol. The molecule has 1 unspecified atom stereocenters. The van der Waals surface area contributed by atoms with E-state index in [0.717, 1.165) is 43.8 Å². The summed E-state index contributed by atoms with van der Waals surface area (Å²) in [5.41, 5.74) is 1.09. The molecular weight excluding hydrogens is 230 g/mol. The lowest BCUT2D eigenvalue weighted by Crippen LogP contribution is -2.33. The van der Waals surface area contributed by atoms with Crippen LogP contribution >= 0.6 is 0 Å². The largest absolute Gasteiger partial charge is 0.361 e. The molecule has 1 aromatic heterocycles. The normalized spacial score (nSPS) is 25.1.